The SMILES string of the molecule is CC(C)OCCC1CC(C(C)(C)C)CCC1Cl. The van der Waals surface area contributed by atoms with Gasteiger partial charge in [-0.25, -0.2) is 0 Å². The summed E-state index contributed by atoms with van der Waals surface area (Å²) in [5.74, 6) is 1.47. The van der Waals surface area contributed by atoms with Crippen LogP contribution in [0.15, 0.2) is 0 Å². The standard InChI is InChI=1S/C15H29ClO/c1-11(2)17-9-8-12-10-13(15(3,4)5)6-7-14(12)16/h11-14H,6-10H2,1-5H3. The van der Waals surface area contributed by atoms with Gasteiger partial charge in [0.05, 0.1) is 6.10 Å². The minimum Gasteiger partial charge on any atom is -0.379 e. The van der Waals surface area contributed by atoms with Crippen molar-refractivity contribution in [1.29, 1.82) is 0 Å². The third-order valence-electron chi connectivity index (χ3n) is 4.05. The van der Waals surface area contributed by atoms with Crippen LogP contribution in [-0.4, -0.2) is 18.1 Å². The summed E-state index contributed by atoms with van der Waals surface area (Å²) >= 11 is 6.46. The lowest BCUT2D eigenvalue weighted by Crippen LogP contribution is -2.33. The van der Waals surface area contributed by atoms with E-state index in [0.717, 1.165) is 18.9 Å². The summed E-state index contributed by atoms with van der Waals surface area (Å²) in [7, 11) is 0. The van der Waals surface area contributed by atoms with Crippen LogP contribution in [-0.2, 0) is 4.74 Å². The fourth-order valence-corrected chi connectivity index (χ4v) is 3.12. The zero-order valence-electron chi connectivity index (χ0n) is 12.1. The van der Waals surface area contributed by atoms with Crippen molar-refractivity contribution in [3.8, 4) is 0 Å². The molecule has 3 unspecified atom stereocenters. The Morgan fingerprint density at radius 3 is 2.41 bits per heavy atom. The summed E-state index contributed by atoms with van der Waals surface area (Å²) in [5.41, 5.74) is 0.425. The van der Waals surface area contributed by atoms with Gasteiger partial charge in [-0.3, -0.25) is 0 Å². The molecule has 0 aromatic carbocycles. The molecule has 1 rings (SSSR count). The Hall–Kier alpha value is 0.250. The quantitative estimate of drug-likeness (QED) is 0.655. The predicted molar refractivity (Wildman–Crippen MR) is 75.6 cm³/mol. The van der Waals surface area contributed by atoms with Gasteiger partial charge in [0.2, 0.25) is 0 Å². The second kappa shape index (κ2) is 6.43. The van der Waals surface area contributed by atoms with Crippen LogP contribution in [0.1, 0.15) is 60.3 Å². The minimum absolute atomic E-state index is 0.339. The predicted octanol–water partition coefficient (Wildman–Crippen LogP) is 4.87. The molecule has 0 N–H and O–H groups in total. The molecular formula is C15H29ClO. The monoisotopic (exact) mass is 260 g/mol. The van der Waals surface area contributed by atoms with Gasteiger partial charge in [0, 0.05) is 12.0 Å². The van der Waals surface area contributed by atoms with Gasteiger partial charge >= 0.3 is 0 Å². The molecule has 17 heavy (non-hydrogen) atoms. The summed E-state index contributed by atoms with van der Waals surface area (Å²) in [6.45, 7) is 12.1. The van der Waals surface area contributed by atoms with E-state index >= 15 is 0 Å². The molecule has 0 radical (unpaired) electrons. The van der Waals surface area contributed by atoms with Crippen molar-refractivity contribution in [3.63, 3.8) is 0 Å². The lowest BCUT2D eigenvalue weighted by molar-refractivity contribution is 0.0550. The maximum Gasteiger partial charge on any atom is 0.0518 e. The fourth-order valence-electron chi connectivity index (χ4n) is 2.77. The smallest absolute Gasteiger partial charge is 0.0518 e. The van der Waals surface area contributed by atoms with Crippen LogP contribution in [0, 0.1) is 17.3 Å². The maximum absolute atomic E-state index is 6.46. The Morgan fingerprint density at radius 2 is 1.88 bits per heavy atom. The molecule has 0 spiro atoms. The topological polar surface area (TPSA) is 9.23 Å². The van der Waals surface area contributed by atoms with Crippen molar-refractivity contribution in [3.05, 3.63) is 0 Å². The molecule has 1 saturated carbocycles. The Kier molecular flexibility index (Phi) is 5.79. The van der Waals surface area contributed by atoms with Gasteiger partial charge in [-0.05, 0) is 56.8 Å². The van der Waals surface area contributed by atoms with Crippen LogP contribution in [0.5, 0.6) is 0 Å². The van der Waals surface area contributed by atoms with Gasteiger partial charge in [0.15, 0.2) is 0 Å². The van der Waals surface area contributed by atoms with Gasteiger partial charge in [-0.1, -0.05) is 20.8 Å². The van der Waals surface area contributed by atoms with E-state index in [0.29, 0.717) is 22.8 Å². The molecule has 1 fully saturated rings. The van der Waals surface area contributed by atoms with Crippen LogP contribution in [0.2, 0.25) is 0 Å². The number of rotatable bonds is 4. The number of halogens is 1. The number of alkyl halides is 1. The molecule has 0 bridgehead atoms. The zero-order valence-corrected chi connectivity index (χ0v) is 12.9. The highest BCUT2D eigenvalue weighted by atomic mass is 35.5. The molecule has 0 aromatic heterocycles. The van der Waals surface area contributed by atoms with Gasteiger partial charge in [-0.15, -0.1) is 11.6 Å². The Balaban J connectivity index is 2.41. The van der Waals surface area contributed by atoms with Crippen LogP contribution >= 0.6 is 11.6 Å². The molecule has 3 atom stereocenters. The third-order valence-corrected chi connectivity index (χ3v) is 4.63. The van der Waals surface area contributed by atoms with Gasteiger partial charge in [-0.2, -0.15) is 0 Å². The minimum atomic E-state index is 0.339. The summed E-state index contributed by atoms with van der Waals surface area (Å²) in [6, 6.07) is 0. The Morgan fingerprint density at radius 1 is 1.24 bits per heavy atom. The second-order valence-corrected chi connectivity index (χ2v) is 7.42. The van der Waals surface area contributed by atoms with Gasteiger partial charge in [0.25, 0.3) is 0 Å². The first-order valence-electron chi connectivity index (χ1n) is 7.06. The summed E-state index contributed by atoms with van der Waals surface area (Å²) in [4.78, 5) is 0. The van der Waals surface area contributed by atoms with E-state index < -0.39 is 0 Å². The molecule has 1 aliphatic rings. The van der Waals surface area contributed by atoms with E-state index in [1.807, 2.05) is 0 Å². The molecule has 0 saturated heterocycles. The van der Waals surface area contributed by atoms with E-state index in [-0.39, 0.29) is 0 Å². The lowest BCUT2D eigenvalue weighted by Gasteiger charge is -2.40. The molecule has 0 aromatic rings. The van der Waals surface area contributed by atoms with Crippen LogP contribution in [0.4, 0.5) is 0 Å². The van der Waals surface area contributed by atoms with E-state index in [2.05, 4.69) is 34.6 Å². The summed E-state index contributed by atoms with van der Waals surface area (Å²) in [5, 5.41) is 0.365. The lowest BCUT2D eigenvalue weighted by atomic mass is 9.68. The highest BCUT2D eigenvalue weighted by Crippen LogP contribution is 2.43. The van der Waals surface area contributed by atoms with Crippen molar-refractivity contribution >= 4 is 11.6 Å². The number of hydrogen-bond donors (Lipinski definition) is 0. The molecule has 0 heterocycles. The van der Waals surface area contributed by atoms with Crippen molar-refractivity contribution < 1.29 is 4.74 Å². The average molecular weight is 261 g/mol. The highest BCUT2D eigenvalue weighted by Gasteiger charge is 2.34. The average Bonchev–Trinajstić information content (AvgIpc) is 2.18. The first-order valence-corrected chi connectivity index (χ1v) is 7.50. The van der Waals surface area contributed by atoms with E-state index in [1.54, 1.807) is 0 Å². The zero-order chi connectivity index (χ0) is 13.1. The van der Waals surface area contributed by atoms with Crippen molar-refractivity contribution in [2.45, 2.75) is 71.8 Å². The van der Waals surface area contributed by atoms with E-state index in [1.165, 1.54) is 19.3 Å². The van der Waals surface area contributed by atoms with Crippen molar-refractivity contribution in [2.24, 2.45) is 17.3 Å². The molecular weight excluding hydrogens is 232 g/mol. The highest BCUT2D eigenvalue weighted by molar-refractivity contribution is 6.20. The van der Waals surface area contributed by atoms with Crippen molar-refractivity contribution in [2.75, 3.05) is 6.61 Å². The second-order valence-electron chi connectivity index (χ2n) is 6.86. The Bertz CT molecular complexity index is 219. The number of ether oxygens (including phenoxy) is 1. The number of hydrogen-bond acceptors (Lipinski definition) is 1. The Labute approximate surface area is 112 Å². The molecule has 1 aliphatic carbocycles. The van der Waals surface area contributed by atoms with Crippen LogP contribution in [0.3, 0.4) is 0 Å². The fraction of sp³-hybridized carbons (Fsp3) is 1.00. The normalized spacial score (nSPS) is 30.9. The largest absolute Gasteiger partial charge is 0.379 e. The van der Waals surface area contributed by atoms with E-state index in [4.69, 9.17) is 16.3 Å². The third kappa shape index (κ3) is 5.18. The van der Waals surface area contributed by atoms with Crippen LogP contribution < -0.4 is 0 Å². The molecule has 102 valence electrons. The molecule has 1 nitrogen and oxygen atoms in total. The van der Waals surface area contributed by atoms with Gasteiger partial charge in [0.1, 0.15) is 0 Å². The molecule has 2 heteroatoms. The summed E-state index contributed by atoms with van der Waals surface area (Å²) < 4.78 is 5.66. The first-order chi connectivity index (χ1) is 7.80. The summed E-state index contributed by atoms with van der Waals surface area (Å²) in [6.07, 6.45) is 5.21. The maximum atomic E-state index is 6.46. The van der Waals surface area contributed by atoms with Gasteiger partial charge < -0.3 is 4.74 Å². The van der Waals surface area contributed by atoms with Crippen LogP contribution in [0.25, 0.3) is 0 Å². The first kappa shape index (κ1) is 15.3. The molecule has 0 amide bonds. The molecule has 0 aliphatic heterocycles. The van der Waals surface area contributed by atoms with Crippen molar-refractivity contribution in [1.82, 2.24) is 0 Å². The van der Waals surface area contributed by atoms with E-state index in [9.17, 15) is 0 Å².